The fraction of sp³-hybridized carbons (Fsp3) is 0.143. The van der Waals surface area contributed by atoms with Gasteiger partial charge < -0.3 is 10.1 Å². The lowest BCUT2D eigenvalue weighted by atomic mass is 10.1. The first-order valence-corrected chi connectivity index (χ1v) is 9.55. The predicted molar refractivity (Wildman–Crippen MR) is 118 cm³/mol. The summed E-state index contributed by atoms with van der Waals surface area (Å²) in [4.78, 5) is 12.8. The van der Waals surface area contributed by atoms with Crippen LogP contribution in [0.3, 0.4) is 0 Å². The zero-order chi connectivity index (χ0) is 19.6. The van der Waals surface area contributed by atoms with Crippen molar-refractivity contribution in [3.8, 4) is 5.75 Å². The molecule has 2 N–H and O–H groups in total. The van der Waals surface area contributed by atoms with Crippen molar-refractivity contribution in [2.75, 3.05) is 12.4 Å². The third-order valence-electron chi connectivity index (χ3n) is 4.38. The van der Waals surface area contributed by atoms with E-state index in [-0.39, 0.29) is 11.0 Å². The fourth-order valence-corrected chi connectivity index (χ4v) is 3.75. The lowest BCUT2D eigenvalue weighted by molar-refractivity contribution is 0.0975. The highest BCUT2D eigenvalue weighted by Gasteiger charge is 2.19. The van der Waals surface area contributed by atoms with Gasteiger partial charge in [-0.3, -0.25) is 10.1 Å². The van der Waals surface area contributed by atoms with Crippen molar-refractivity contribution in [1.82, 2.24) is 5.32 Å². The number of nitrogens with one attached hydrogen (secondary N) is 2. The standard InChI is InChI=1S/C21H19BrN2O2S/c1-12-8-9-15(10-13(12)2)23-21(27)24-20(25)17-11-14-6-4-5-7-16(14)18(22)19(17)26-3/h4-11H,1-3H3,(H2,23,24,25,27). The number of rotatable bonds is 3. The van der Waals surface area contributed by atoms with Crippen LogP contribution in [0.2, 0.25) is 0 Å². The van der Waals surface area contributed by atoms with Crippen LogP contribution in [0.4, 0.5) is 5.69 Å². The van der Waals surface area contributed by atoms with E-state index in [4.69, 9.17) is 17.0 Å². The highest BCUT2D eigenvalue weighted by Crippen LogP contribution is 2.36. The van der Waals surface area contributed by atoms with E-state index in [1.54, 1.807) is 6.07 Å². The number of halogens is 1. The molecule has 138 valence electrons. The van der Waals surface area contributed by atoms with Gasteiger partial charge in [0.1, 0.15) is 5.75 Å². The second kappa shape index (κ2) is 8.06. The summed E-state index contributed by atoms with van der Waals surface area (Å²) in [5.41, 5.74) is 3.58. The monoisotopic (exact) mass is 442 g/mol. The van der Waals surface area contributed by atoms with Crippen LogP contribution < -0.4 is 15.4 Å². The van der Waals surface area contributed by atoms with E-state index in [1.165, 1.54) is 12.7 Å². The minimum atomic E-state index is -0.334. The number of carbonyl (C=O) groups excluding carboxylic acids is 1. The molecule has 0 saturated carbocycles. The number of carbonyl (C=O) groups is 1. The van der Waals surface area contributed by atoms with Gasteiger partial charge in [0.25, 0.3) is 5.91 Å². The summed E-state index contributed by atoms with van der Waals surface area (Å²) in [6.07, 6.45) is 0. The lowest BCUT2D eigenvalue weighted by Crippen LogP contribution is -2.34. The van der Waals surface area contributed by atoms with E-state index >= 15 is 0 Å². The van der Waals surface area contributed by atoms with Crippen molar-refractivity contribution < 1.29 is 9.53 Å². The number of benzene rings is 3. The smallest absolute Gasteiger partial charge is 0.261 e. The molecular weight excluding hydrogens is 424 g/mol. The van der Waals surface area contributed by atoms with Gasteiger partial charge in [-0.2, -0.15) is 0 Å². The van der Waals surface area contributed by atoms with Gasteiger partial charge in [-0.25, -0.2) is 0 Å². The molecule has 0 bridgehead atoms. The van der Waals surface area contributed by atoms with Gasteiger partial charge in [-0.05, 0) is 82.1 Å². The Kier molecular flexibility index (Phi) is 5.77. The average Bonchev–Trinajstić information content (AvgIpc) is 2.64. The van der Waals surface area contributed by atoms with Gasteiger partial charge >= 0.3 is 0 Å². The van der Waals surface area contributed by atoms with E-state index in [0.29, 0.717) is 11.3 Å². The predicted octanol–water partition coefficient (Wildman–Crippen LogP) is 5.35. The minimum absolute atomic E-state index is 0.231. The van der Waals surface area contributed by atoms with Crippen molar-refractivity contribution in [2.45, 2.75) is 13.8 Å². The maximum absolute atomic E-state index is 12.8. The number of fused-ring (bicyclic) bond motifs is 1. The first-order chi connectivity index (χ1) is 12.9. The summed E-state index contributed by atoms with van der Waals surface area (Å²) < 4.78 is 6.20. The molecule has 3 aromatic rings. The van der Waals surface area contributed by atoms with Crippen LogP contribution in [0.15, 0.2) is 53.0 Å². The fourth-order valence-electron chi connectivity index (χ4n) is 2.80. The number of ether oxygens (including phenoxy) is 1. The molecule has 0 aliphatic rings. The first-order valence-electron chi connectivity index (χ1n) is 8.35. The summed E-state index contributed by atoms with van der Waals surface area (Å²) in [6, 6.07) is 15.5. The van der Waals surface area contributed by atoms with E-state index < -0.39 is 0 Å². The van der Waals surface area contributed by atoms with Crippen LogP contribution in [0, 0.1) is 13.8 Å². The van der Waals surface area contributed by atoms with Crippen LogP contribution in [0.25, 0.3) is 10.8 Å². The maximum Gasteiger partial charge on any atom is 0.261 e. The summed E-state index contributed by atoms with van der Waals surface area (Å²) >= 11 is 8.84. The van der Waals surface area contributed by atoms with E-state index in [1.807, 2.05) is 56.3 Å². The topological polar surface area (TPSA) is 50.4 Å². The molecule has 1 amide bonds. The Bertz CT molecular complexity index is 1050. The molecular formula is C21H19BrN2O2S. The van der Waals surface area contributed by atoms with Crippen LogP contribution in [0.5, 0.6) is 5.75 Å². The van der Waals surface area contributed by atoms with Gasteiger partial charge in [0.15, 0.2) is 5.11 Å². The SMILES string of the molecule is COc1c(C(=O)NC(=S)Nc2ccc(C)c(C)c2)cc2ccccc2c1Br. The van der Waals surface area contributed by atoms with Gasteiger partial charge in [0.2, 0.25) is 0 Å². The molecule has 3 aromatic carbocycles. The Labute approximate surface area is 172 Å². The number of aryl methyl sites for hydroxylation is 2. The molecule has 6 heteroatoms. The van der Waals surface area contributed by atoms with Crippen LogP contribution >= 0.6 is 28.1 Å². The van der Waals surface area contributed by atoms with Crippen molar-refractivity contribution >= 4 is 55.6 Å². The van der Waals surface area contributed by atoms with Gasteiger partial charge in [-0.15, -0.1) is 0 Å². The number of amides is 1. The lowest BCUT2D eigenvalue weighted by Gasteiger charge is -2.15. The van der Waals surface area contributed by atoms with Crippen molar-refractivity contribution in [3.63, 3.8) is 0 Å². The summed E-state index contributed by atoms with van der Waals surface area (Å²) in [5.74, 6) is 0.139. The van der Waals surface area contributed by atoms with Gasteiger partial charge in [-0.1, -0.05) is 30.3 Å². The Morgan fingerprint density at radius 3 is 2.52 bits per heavy atom. The number of thiocarbonyl (C=S) groups is 1. The molecule has 4 nitrogen and oxygen atoms in total. The molecule has 27 heavy (non-hydrogen) atoms. The molecule has 0 aliphatic carbocycles. The van der Waals surface area contributed by atoms with Crippen LogP contribution in [-0.4, -0.2) is 18.1 Å². The van der Waals surface area contributed by atoms with Gasteiger partial charge in [0, 0.05) is 5.69 Å². The Morgan fingerprint density at radius 1 is 1.07 bits per heavy atom. The van der Waals surface area contributed by atoms with E-state index in [0.717, 1.165) is 26.5 Å². The second-order valence-electron chi connectivity index (χ2n) is 6.20. The summed E-state index contributed by atoms with van der Waals surface area (Å²) in [5, 5.41) is 7.91. The number of methoxy groups -OCH3 is 1. The number of hydrogen-bond acceptors (Lipinski definition) is 3. The molecule has 0 aromatic heterocycles. The third-order valence-corrected chi connectivity index (χ3v) is 5.37. The highest BCUT2D eigenvalue weighted by molar-refractivity contribution is 9.10. The summed E-state index contributed by atoms with van der Waals surface area (Å²) in [7, 11) is 1.54. The molecule has 0 heterocycles. The largest absolute Gasteiger partial charge is 0.495 e. The molecule has 3 rings (SSSR count). The molecule has 0 aliphatic heterocycles. The van der Waals surface area contributed by atoms with Gasteiger partial charge in [0.05, 0.1) is 17.1 Å². The maximum atomic E-state index is 12.8. The van der Waals surface area contributed by atoms with Crippen molar-refractivity contribution in [3.05, 3.63) is 69.7 Å². The average molecular weight is 443 g/mol. The number of anilines is 1. The normalized spacial score (nSPS) is 10.5. The highest BCUT2D eigenvalue weighted by atomic mass is 79.9. The first kappa shape index (κ1) is 19.3. The molecule has 0 fully saturated rings. The van der Waals surface area contributed by atoms with E-state index in [2.05, 4.69) is 26.6 Å². The van der Waals surface area contributed by atoms with E-state index in [9.17, 15) is 4.79 Å². The molecule has 0 atom stereocenters. The molecule has 0 saturated heterocycles. The van der Waals surface area contributed by atoms with Crippen LogP contribution in [-0.2, 0) is 0 Å². The minimum Gasteiger partial charge on any atom is -0.495 e. The third kappa shape index (κ3) is 4.12. The molecule has 0 radical (unpaired) electrons. The second-order valence-corrected chi connectivity index (χ2v) is 7.40. The zero-order valence-electron chi connectivity index (χ0n) is 15.2. The molecule has 0 spiro atoms. The van der Waals surface area contributed by atoms with Crippen LogP contribution in [0.1, 0.15) is 21.5 Å². The van der Waals surface area contributed by atoms with Crippen molar-refractivity contribution in [2.24, 2.45) is 0 Å². The number of hydrogen-bond donors (Lipinski definition) is 2. The molecule has 0 unspecified atom stereocenters. The Hall–Kier alpha value is -2.44. The zero-order valence-corrected chi connectivity index (χ0v) is 17.6. The Balaban J connectivity index is 1.85. The van der Waals surface area contributed by atoms with Crippen molar-refractivity contribution in [1.29, 1.82) is 0 Å². The quantitative estimate of drug-likeness (QED) is 0.536. The Morgan fingerprint density at radius 2 is 1.81 bits per heavy atom. The summed E-state index contributed by atoms with van der Waals surface area (Å²) in [6.45, 7) is 4.07.